The van der Waals surface area contributed by atoms with E-state index >= 15 is 0 Å². The lowest BCUT2D eigenvalue weighted by atomic mass is 9.82. The van der Waals surface area contributed by atoms with Crippen LogP contribution in [0.5, 0.6) is 0 Å². The van der Waals surface area contributed by atoms with Gasteiger partial charge in [0.15, 0.2) is 0 Å². The fraction of sp³-hybridized carbons (Fsp3) is 0.632. The molecule has 3 aliphatic rings. The van der Waals surface area contributed by atoms with Crippen LogP contribution >= 0.6 is 11.3 Å². The van der Waals surface area contributed by atoms with Crippen LogP contribution in [0, 0.1) is 0 Å². The Morgan fingerprint density at radius 2 is 2.07 bits per heavy atom. The quantitative estimate of drug-likeness (QED) is 0.757. The van der Waals surface area contributed by atoms with Gasteiger partial charge < -0.3 is 5.32 Å². The highest BCUT2D eigenvalue weighted by molar-refractivity contribution is 7.07. The van der Waals surface area contributed by atoms with Gasteiger partial charge in [0.25, 0.3) is 5.91 Å². The van der Waals surface area contributed by atoms with Gasteiger partial charge >= 0.3 is 6.03 Å². The van der Waals surface area contributed by atoms with Crippen molar-refractivity contribution in [3.63, 3.8) is 0 Å². The predicted molar refractivity (Wildman–Crippen MR) is 102 cm³/mol. The number of nitrogens with one attached hydrogen (secondary N) is 2. The lowest BCUT2D eigenvalue weighted by Crippen LogP contribution is -2.51. The van der Waals surface area contributed by atoms with E-state index in [-0.39, 0.29) is 18.2 Å². The molecule has 0 radical (unpaired) electrons. The van der Waals surface area contributed by atoms with Crippen molar-refractivity contribution in [1.29, 1.82) is 0 Å². The van der Waals surface area contributed by atoms with E-state index in [1.54, 1.807) is 11.3 Å². The molecule has 3 fully saturated rings. The van der Waals surface area contributed by atoms with Gasteiger partial charge in [-0.15, -0.1) is 0 Å². The second-order valence-corrected chi connectivity index (χ2v) is 8.53. The average Bonchev–Trinajstić information content (AvgIpc) is 3.38. The van der Waals surface area contributed by atoms with Gasteiger partial charge in [-0.3, -0.25) is 19.9 Å². The van der Waals surface area contributed by atoms with Gasteiger partial charge in [0.1, 0.15) is 5.54 Å². The molecule has 8 heteroatoms. The maximum absolute atomic E-state index is 12.7. The van der Waals surface area contributed by atoms with Crippen LogP contribution in [0.25, 0.3) is 0 Å². The molecule has 1 aromatic heterocycles. The highest BCUT2D eigenvalue weighted by Gasteiger charge is 2.52. The summed E-state index contributed by atoms with van der Waals surface area (Å²) < 4.78 is 0. The molecule has 7 nitrogen and oxygen atoms in total. The first-order valence-corrected chi connectivity index (χ1v) is 10.8. The molecule has 0 bridgehead atoms. The third-order valence-corrected chi connectivity index (χ3v) is 6.72. The molecule has 1 spiro atoms. The summed E-state index contributed by atoms with van der Waals surface area (Å²) in [5.41, 5.74) is 3.04. The lowest BCUT2D eigenvalue weighted by molar-refractivity contribution is -0.140. The Kier molecular flexibility index (Phi) is 5.19. The Labute approximate surface area is 163 Å². The first kappa shape index (κ1) is 18.4. The van der Waals surface area contributed by atoms with Gasteiger partial charge in [0, 0.05) is 19.0 Å². The summed E-state index contributed by atoms with van der Waals surface area (Å²) in [6, 6.07) is 2.00. The van der Waals surface area contributed by atoms with Crippen molar-refractivity contribution < 1.29 is 14.4 Å². The van der Waals surface area contributed by atoms with Gasteiger partial charge in [-0.1, -0.05) is 19.3 Å². The van der Waals surface area contributed by atoms with Crippen molar-refractivity contribution in [3.05, 3.63) is 22.4 Å². The molecule has 3 heterocycles. The fourth-order valence-electron chi connectivity index (χ4n) is 4.58. The van der Waals surface area contributed by atoms with Gasteiger partial charge in [-0.05, 0) is 54.6 Å². The van der Waals surface area contributed by atoms with Gasteiger partial charge in [0.2, 0.25) is 5.91 Å². The van der Waals surface area contributed by atoms with Crippen LogP contribution in [-0.2, 0) is 9.59 Å². The number of hydrogen-bond donors (Lipinski definition) is 2. The van der Waals surface area contributed by atoms with Crippen molar-refractivity contribution in [2.75, 3.05) is 13.1 Å². The van der Waals surface area contributed by atoms with Crippen LogP contribution in [0.4, 0.5) is 4.79 Å². The largest absolute Gasteiger partial charge is 0.344 e. The Morgan fingerprint density at radius 1 is 1.26 bits per heavy atom. The van der Waals surface area contributed by atoms with Gasteiger partial charge in [-0.2, -0.15) is 16.3 Å². The molecule has 0 unspecified atom stereocenters. The molecule has 27 heavy (non-hydrogen) atoms. The van der Waals surface area contributed by atoms with Crippen LogP contribution in [0.2, 0.25) is 0 Å². The molecule has 4 amide bonds. The number of urea groups is 1. The number of hydrazine groups is 1. The zero-order valence-corrected chi connectivity index (χ0v) is 16.2. The van der Waals surface area contributed by atoms with E-state index in [0.717, 1.165) is 43.7 Å². The van der Waals surface area contributed by atoms with Crippen molar-refractivity contribution in [1.82, 2.24) is 20.7 Å². The maximum Gasteiger partial charge on any atom is 0.344 e. The molecule has 146 valence electrons. The SMILES string of the molecule is O=C(CCN1CCC[C@H]1c1ccsc1)NN1C(=O)NC2(CCCCC2)C1=O. The summed E-state index contributed by atoms with van der Waals surface area (Å²) in [5, 5.41) is 7.95. The van der Waals surface area contributed by atoms with Crippen molar-refractivity contribution in [2.45, 2.75) is 62.9 Å². The minimum atomic E-state index is -0.804. The average molecular weight is 391 g/mol. The third kappa shape index (κ3) is 3.60. The van der Waals surface area contributed by atoms with E-state index in [2.05, 4.69) is 32.5 Å². The van der Waals surface area contributed by atoms with Crippen molar-refractivity contribution >= 4 is 29.2 Å². The first-order chi connectivity index (χ1) is 13.1. The Bertz CT molecular complexity index is 715. The molecular weight excluding hydrogens is 364 g/mol. The second kappa shape index (κ2) is 7.59. The summed E-state index contributed by atoms with van der Waals surface area (Å²) in [4.78, 5) is 39.7. The zero-order chi connectivity index (χ0) is 18.9. The molecule has 1 saturated carbocycles. The number of imide groups is 1. The lowest BCUT2D eigenvalue weighted by Gasteiger charge is -2.30. The highest BCUT2D eigenvalue weighted by Crippen LogP contribution is 2.34. The molecule has 2 aliphatic heterocycles. The molecule has 4 rings (SSSR count). The first-order valence-electron chi connectivity index (χ1n) is 9.81. The summed E-state index contributed by atoms with van der Waals surface area (Å²) in [6.07, 6.45) is 6.73. The number of hydrogen-bond acceptors (Lipinski definition) is 5. The van der Waals surface area contributed by atoms with Crippen molar-refractivity contribution in [2.24, 2.45) is 0 Å². The highest BCUT2D eigenvalue weighted by atomic mass is 32.1. The second-order valence-electron chi connectivity index (χ2n) is 7.75. The van der Waals surface area contributed by atoms with E-state index < -0.39 is 11.6 Å². The van der Waals surface area contributed by atoms with E-state index in [9.17, 15) is 14.4 Å². The van der Waals surface area contributed by atoms with Crippen LogP contribution < -0.4 is 10.7 Å². The van der Waals surface area contributed by atoms with E-state index in [1.807, 2.05) is 0 Å². The number of likely N-dealkylation sites (tertiary alicyclic amines) is 1. The Balaban J connectivity index is 1.32. The maximum atomic E-state index is 12.7. The van der Waals surface area contributed by atoms with Crippen molar-refractivity contribution in [3.8, 4) is 0 Å². The van der Waals surface area contributed by atoms with Crippen LogP contribution in [0.3, 0.4) is 0 Å². The molecule has 0 aromatic carbocycles. The summed E-state index contributed by atoms with van der Waals surface area (Å²) in [7, 11) is 0. The van der Waals surface area contributed by atoms with Crippen LogP contribution in [0.1, 0.15) is 63.0 Å². The number of rotatable bonds is 5. The molecule has 2 saturated heterocycles. The molecule has 1 aromatic rings. The normalized spacial score (nSPS) is 25.2. The predicted octanol–water partition coefficient (Wildman–Crippen LogP) is 2.56. The van der Waals surface area contributed by atoms with Crippen LogP contribution in [0.15, 0.2) is 16.8 Å². The Morgan fingerprint density at radius 3 is 2.81 bits per heavy atom. The summed E-state index contributed by atoms with van der Waals surface area (Å²) >= 11 is 1.69. The van der Waals surface area contributed by atoms with Gasteiger partial charge in [-0.25, -0.2) is 4.79 Å². The van der Waals surface area contributed by atoms with E-state index in [4.69, 9.17) is 0 Å². The molecule has 1 atom stereocenters. The third-order valence-electron chi connectivity index (χ3n) is 6.02. The number of carbonyl (C=O) groups excluding carboxylic acids is 3. The van der Waals surface area contributed by atoms with Gasteiger partial charge in [0.05, 0.1) is 0 Å². The Hall–Kier alpha value is -1.93. The molecule has 1 aliphatic carbocycles. The van der Waals surface area contributed by atoms with E-state index in [1.165, 1.54) is 5.56 Å². The number of carbonyl (C=O) groups is 3. The summed E-state index contributed by atoms with van der Waals surface area (Å²) in [6.45, 7) is 1.60. The summed E-state index contributed by atoms with van der Waals surface area (Å²) in [5.74, 6) is -0.597. The number of thiophene rings is 1. The minimum Gasteiger partial charge on any atom is -0.322 e. The zero-order valence-electron chi connectivity index (χ0n) is 15.4. The number of amides is 4. The standard InChI is InChI=1S/C19H26N4O3S/c24-16(6-11-22-10-4-5-15(22)14-7-12-27-13-14)21-23-17(25)19(20-18(23)26)8-2-1-3-9-19/h7,12-13,15H,1-6,8-11H2,(H,20,26)(H,21,24)/t15-/m0/s1. The smallest absolute Gasteiger partial charge is 0.322 e. The molecule has 2 N–H and O–H groups in total. The minimum absolute atomic E-state index is 0.269. The van der Waals surface area contributed by atoms with Crippen LogP contribution in [-0.4, -0.2) is 46.4 Å². The monoisotopic (exact) mass is 390 g/mol. The number of nitrogens with zero attached hydrogens (tertiary/aromatic N) is 2. The molecular formula is C19H26N4O3S. The fourth-order valence-corrected chi connectivity index (χ4v) is 5.28. The topological polar surface area (TPSA) is 81.8 Å². The van der Waals surface area contributed by atoms with E-state index in [0.29, 0.717) is 25.4 Å².